The minimum Gasteiger partial charge on any atom is -0.748 e. The summed E-state index contributed by atoms with van der Waals surface area (Å²) in [7, 11) is -4.06. The first kappa shape index (κ1) is 23.1. The van der Waals surface area contributed by atoms with E-state index in [0.717, 1.165) is 19.3 Å². The average Bonchev–Trinajstić information content (AvgIpc) is 2.31. The van der Waals surface area contributed by atoms with Gasteiger partial charge >= 0.3 is 29.6 Å². The summed E-state index contributed by atoms with van der Waals surface area (Å²) in [5.41, 5.74) is 0. The molecule has 0 radical (unpaired) electrons. The van der Waals surface area contributed by atoms with Gasteiger partial charge in [-0.3, -0.25) is 0 Å². The molecule has 0 heterocycles. The van der Waals surface area contributed by atoms with E-state index in [1.54, 1.807) is 0 Å². The van der Waals surface area contributed by atoms with Crippen LogP contribution in [-0.2, 0) is 10.1 Å². The molecule has 0 aliphatic carbocycles. The first-order valence-corrected chi connectivity index (χ1v) is 9.15. The molecule has 0 aromatic carbocycles. The molecule has 0 saturated carbocycles. The fraction of sp³-hybridized carbons (Fsp3) is 1.00. The van der Waals surface area contributed by atoms with Gasteiger partial charge in [0, 0.05) is 5.75 Å². The summed E-state index contributed by atoms with van der Waals surface area (Å²) in [5, 5.41) is 9.73. The third-order valence-corrected chi connectivity index (χ3v) is 4.11. The molecule has 0 fully saturated rings. The van der Waals surface area contributed by atoms with Crippen LogP contribution >= 0.6 is 0 Å². The molecule has 0 aliphatic heterocycles. The Kier molecular flexibility index (Phi) is 17.1. The normalized spacial score (nSPS) is 12.9. The molecule has 0 bridgehead atoms. The summed E-state index contributed by atoms with van der Waals surface area (Å²) < 4.78 is 31.1. The number of aliphatic hydroxyl groups is 1. The molecular weight excluding hydrogens is 287 g/mol. The number of hydrogen-bond acceptors (Lipinski definition) is 4. The van der Waals surface area contributed by atoms with Gasteiger partial charge in [-0.25, -0.2) is 8.42 Å². The Balaban J connectivity index is 0. The van der Waals surface area contributed by atoms with E-state index in [-0.39, 0.29) is 41.4 Å². The maximum Gasteiger partial charge on any atom is 1.00 e. The Morgan fingerprint density at radius 2 is 1.35 bits per heavy atom. The zero-order chi connectivity index (χ0) is 14.6. The van der Waals surface area contributed by atoms with E-state index in [4.69, 9.17) is 0 Å². The Labute approximate surface area is 146 Å². The first-order chi connectivity index (χ1) is 8.95. The van der Waals surface area contributed by atoms with Gasteiger partial charge in [0.15, 0.2) is 0 Å². The van der Waals surface area contributed by atoms with Crippen molar-refractivity contribution in [2.45, 2.75) is 83.7 Å². The molecule has 6 heteroatoms. The molecule has 0 saturated heterocycles. The summed E-state index contributed by atoms with van der Waals surface area (Å²) in [4.78, 5) is 0. The molecule has 4 nitrogen and oxygen atoms in total. The molecule has 1 unspecified atom stereocenters. The first-order valence-electron chi connectivity index (χ1n) is 7.57. The maximum atomic E-state index is 10.4. The largest absolute Gasteiger partial charge is 1.00 e. The predicted octanol–water partition coefficient (Wildman–Crippen LogP) is 0.208. The molecule has 20 heavy (non-hydrogen) atoms. The minimum atomic E-state index is -4.06. The van der Waals surface area contributed by atoms with Crippen LogP contribution in [0.3, 0.4) is 0 Å². The summed E-state index contributed by atoms with van der Waals surface area (Å²) >= 11 is 0. The molecule has 0 rings (SSSR count). The van der Waals surface area contributed by atoms with Crippen LogP contribution in [0.25, 0.3) is 0 Å². The van der Waals surface area contributed by atoms with Crippen molar-refractivity contribution in [2.24, 2.45) is 0 Å². The number of rotatable bonds is 13. The standard InChI is InChI=1S/C14H30O4S.Na/c1-2-3-4-5-6-8-11-14(15)12-9-7-10-13-19(16,17)18;/h14-15H,2-13H2,1H3,(H,16,17,18);/q;+1/p-1. The van der Waals surface area contributed by atoms with E-state index < -0.39 is 10.1 Å². The quantitative estimate of drug-likeness (QED) is 0.299. The number of unbranched alkanes of at least 4 members (excludes halogenated alkanes) is 7. The van der Waals surface area contributed by atoms with Crippen LogP contribution in [0.2, 0.25) is 0 Å². The van der Waals surface area contributed by atoms with Crippen LogP contribution in [0.4, 0.5) is 0 Å². The topological polar surface area (TPSA) is 77.4 Å². The summed E-state index contributed by atoms with van der Waals surface area (Å²) in [6.45, 7) is 2.20. The van der Waals surface area contributed by atoms with E-state index in [0.29, 0.717) is 19.3 Å². The third-order valence-electron chi connectivity index (χ3n) is 3.32. The summed E-state index contributed by atoms with van der Waals surface area (Å²) in [6, 6.07) is 0. The van der Waals surface area contributed by atoms with Crippen LogP contribution in [-0.4, -0.2) is 29.9 Å². The molecule has 1 N–H and O–H groups in total. The van der Waals surface area contributed by atoms with Gasteiger partial charge < -0.3 is 9.66 Å². The van der Waals surface area contributed by atoms with Crippen molar-refractivity contribution in [1.29, 1.82) is 0 Å². The van der Waals surface area contributed by atoms with Gasteiger partial charge in [0.1, 0.15) is 0 Å². The van der Waals surface area contributed by atoms with Gasteiger partial charge in [-0.15, -0.1) is 0 Å². The monoisotopic (exact) mass is 316 g/mol. The zero-order valence-corrected chi connectivity index (χ0v) is 16.0. The van der Waals surface area contributed by atoms with Gasteiger partial charge in [-0.1, -0.05) is 58.3 Å². The van der Waals surface area contributed by atoms with Crippen LogP contribution in [0.1, 0.15) is 77.6 Å². The van der Waals surface area contributed by atoms with Crippen LogP contribution in [0.15, 0.2) is 0 Å². The van der Waals surface area contributed by atoms with Gasteiger partial charge in [0.25, 0.3) is 0 Å². The fourth-order valence-electron chi connectivity index (χ4n) is 2.14. The van der Waals surface area contributed by atoms with Crippen molar-refractivity contribution in [2.75, 3.05) is 5.75 Å². The van der Waals surface area contributed by atoms with Crippen molar-refractivity contribution in [3.05, 3.63) is 0 Å². The molecule has 1 atom stereocenters. The molecule has 0 aromatic heterocycles. The smallest absolute Gasteiger partial charge is 0.748 e. The van der Waals surface area contributed by atoms with Crippen LogP contribution < -0.4 is 29.6 Å². The Morgan fingerprint density at radius 1 is 0.900 bits per heavy atom. The molecule has 0 spiro atoms. The van der Waals surface area contributed by atoms with Crippen molar-refractivity contribution >= 4 is 10.1 Å². The SMILES string of the molecule is CCCCCCCCC(O)CCCCCS(=O)(=O)[O-].[Na+]. The van der Waals surface area contributed by atoms with Crippen molar-refractivity contribution in [3.63, 3.8) is 0 Å². The van der Waals surface area contributed by atoms with Gasteiger partial charge in [-0.05, 0) is 19.3 Å². The van der Waals surface area contributed by atoms with Crippen molar-refractivity contribution < 1.29 is 47.6 Å². The third kappa shape index (κ3) is 18.9. The average molecular weight is 316 g/mol. The molecule has 0 amide bonds. The van der Waals surface area contributed by atoms with E-state index in [2.05, 4.69) is 6.92 Å². The van der Waals surface area contributed by atoms with Crippen LogP contribution in [0, 0.1) is 0 Å². The zero-order valence-electron chi connectivity index (χ0n) is 13.1. The van der Waals surface area contributed by atoms with E-state index in [1.807, 2.05) is 0 Å². The van der Waals surface area contributed by atoms with E-state index in [1.165, 1.54) is 32.1 Å². The van der Waals surface area contributed by atoms with E-state index >= 15 is 0 Å². The molecule has 0 aromatic rings. The molecule has 116 valence electrons. The number of aliphatic hydroxyl groups excluding tert-OH is 1. The summed E-state index contributed by atoms with van der Waals surface area (Å²) in [5.74, 6) is -0.277. The van der Waals surface area contributed by atoms with Crippen molar-refractivity contribution in [3.8, 4) is 0 Å². The Bertz CT molecular complexity index is 294. The van der Waals surface area contributed by atoms with Crippen molar-refractivity contribution in [1.82, 2.24) is 0 Å². The second-order valence-electron chi connectivity index (χ2n) is 5.32. The molecule has 0 aliphatic rings. The predicted molar refractivity (Wildman–Crippen MR) is 77.0 cm³/mol. The maximum absolute atomic E-state index is 10.4. The van der Waals surface area contributed by atoms with Gasteiger partial charge in [0.05, 0.1) is 16.2 Å². The van der Waals surface area contributed by atoms with E-state index in [9.17, 15) is 18.1 Å². The Morgan fingerprint density at radius 3 is 1.85 bits per heavy atom. The van der Waals surface area contributed by atoms with Gasteiger partial charge in [-0.2, -0.15) is 0 Å². The number of hydrogen-bond donors (Lipinski definition) is 1. The molecular formula is C14H29NaO4S. The fourth-order valence-corrected chi connectivity index (χ4v) is 2.70. The summed E-state index contributed by atoms with van der Waals surface area (Å²) in [6.07, 6.45) is 10.5. The Hall–Kier alpha value is 0.870. The van der Waals surface area contributed by atoms with Gasteiger partial charge in [0.2, 0.25) is 0 Å². The second kappa shape index (κ2) is 14.8. The minimum absolute atomic E-state index is 0. The van der Waals surface area contributed by atoms with Crippen LogP contribution in [0.5, 0.6) is 0 Å². The second-order valence-corrected chi connectivity index (χ2v) is 6.85.